The van der Waals surface area contributed by atoms with Crippen molar-refractivity contribution < 1.29 is 72.9 Å². The smallest absolute Gasteiger partial charge is 0.478 e. The molecule has 0 aromatic heterocycles. The van der Waals surface area contributed by atoms with E-state index >= 15 is 0 Å². The molecule has 3 unspecified atom stereocenters. The molecule has 15 rings (SSSR count). The number of hydrogen-bond acceptors (Lipinski definition) is 11. The van der Waals surface area contributed by atoms with Crippen molar-refractivity contribution in [3.63, 3.8) is 0 Å². The largest absolute Gasteiger partial charge is 0.643 e. The zero-order chi connectivity index (χ0) is 105. The van der Waals surface area contributed by atoms with Gasteiger partial charge in [-0.05, 0) is 282 Å². The van der Waals surface area contributed by atoms with Crippen LogP contribution in [-0.4, -0.2) is 132 Å². The van der Waals surface area contributed by atoms with Gasteiger partial charge >= 0.3 is 38.9 Å². The molecular formula is C99H106AlBr11Cl9F3O13SSi4. The third kappa shape index (κ3) is 48.5. The molecule has 766 valence electrons. The van der Waals surface area contributed by atoms with Crippen LogP contribution in [0.4, 0.5) is 13.2 Å². The van der Waals surface area contributed by atoms with Gasteiger partial charge in [-0.3, -0.25) is 14.1 Å². The molecule has 1 aliphatic heterocycles. The zero-order valence-corrected chi connectivity index (χ0v) is 108. The van der Waals surface area contributed by atoms with Gasteiger partial charge in [0.15, 0.2) is 51.3 Å². The SMILES string of the molecule is BrC1(Br)CC1c1ccccc1.C.C=Cc1ccccc1.C[Si](C)(C)OC[C@H]1OC(=O)[C@H](O[Si](C)(C)C)[C@@H](O[Si](C)(C)C)[C@@H]1O[Si](C)(C)C.Clc1ccc(Br)cc1Cc1ccc(C2CC2(Br)Br)cc1.Clc1ccc(Br)cc1Cc1ccc(C2CC2)cc1.O=C(Cl)c1cc(Br)ccc1Cl.O=C(O)c1cc(Br)ccc1Cl.O=C(c1ccc(C2CC2(Br)Br)cc1)c1cc(Br)ccc1Cl.O=S(=O)(O)C(F)(F)F.[Cl][Al]([Cl])[Cl]. The molecule has 141 heavy (non-hydrogen) atoms. The number of rotatable bonds is 22. The van der Waals surface area contributed by atoms with Crippen molar-refractivity contribution in [2.75, 3.05) is 6.61 Å². The molecule has 0 bridgehead atoms. The standard InChI is InChI=1S/C18H42O6Si4.C16H10Br3ClO.C16H12Br3Cl.C16H14BrCl.C9H8Br2.C8H8.C7H3BrCl2O.C7H4BrClO2.CHF3O3S.CH4.Al.3ClH/c1-25(2,3)20-13-14-15(22-26(4,5)6)16(23-27(7,8)9)17(18(19)21-14)24-28(10,11)12;17-11-5-6-14(20)12(7-11)15(21)10-3-1-9(2-4-10)13-8-16(13,18)19;17-13-5-6-15(20)12(8-13)7-10-1-3-11(4-2-10)14-9-16(14,18)19;17-15-7-8-16(18)14(10-15)9-11-1-3-12(4-2-11)13-5-6-13;10-9(11)6-8(9)7-4-2-1-3-5-7;1-2-8-6-4-3-5-7-8;2*8-4-1-2-6(9)5(3-4)7(10)11;2-1(3,4)8(5,6)7;;;;;/h14-17H,13H2,1-12H3;1-7,13H,8H2;1-6,8,14H,7,9H2;1-4,7-8,10,13H,5-6,9H2;1-5,8H,6H2;2-7H,1H2;1-3H;1-3H,(H,10,11);(H,5,6,7);1H4;;3*1H/q;;;;;;;;;;+3;;;/p-3/t14-,15-,16+,17-;;;;;;;;;;;;;/m1............./s1. The summed E-state index contributed by atoms with van der Waals surface area (Å²) < 4.78 is 93.6. The molecule has 10 aromatic carbocycles. The van der Waals surface area contributed by atoms with Crippen molar-refractivity contribution in [3.8, 4) is 0 Å². The lowest BCUT2D eigenvalue weighted by molar-refractivity contribution is -0.198. The van der Waals surface area contributed by atoms with Gasteiger partial charge in [-0.25, -0.2) is 39.7 Å². The summed E-state index contributed by atoms with van der Waals surface area (Å²) in [5.74, 6) is 1.08. The molecule has 0 spiro atoms. The number of hydrogen-bond donors (Lipinski definition) is 2. The van der Waals surface area contributed by atoms with E-state index < -0.39 is 89.8 Å². The Labute approximate surface area is 970 Å². The first kappa shape index (κ1) is 130. The van der Waals surface area contributed by atoms with Gasteiger partial charge in [0.25, 0.3) is 5.24 Å². The van der Waals surface area contributed by atoms with Gasteiger partial charge in [0.05, 0.1) is 42.5 Å². The summed E-state index contributed by atoms with van der Waals surface area (Å²) in [5.41, 5.74) is 7.66. The van der Waals surface area contributed by atoms with E-state index in [-0.39, 0.29) is 45.6 Å². The second-order valence-corrected chi connectivity index (χ2v) is 80.6. The lowest BCUT2D eigenvalue weighted by Crippen LogP contribution is -2.64. The van der Waals surface area contributed by atoms with Crippen LogP contribution in [-0.2, 0) is 50.2 Å². The number of cyclic esters (lactones) is 1. The average molecular weight is 2930 g/mol. The molecule has 2 N–H and O–H groups in total. The number of carbonyl (C=O) groups is 4. The maximum absolute atomic E-state index is 12.9. The number of carbonyl (C=O) groups excluding carboxylic acids is 3. The molecule has 4 aliphatic carbocycles. The van der Waals surface area contributed by atoms with E-state index in [4.69, 9.17) is 140 Å². The molecular weight excluding hydrogens is 2820 g/mol. The lowest BCUT2D eigenvalue weighted by Gasteiger charge is -2.47. The molecule has 10 aromatic rings. The van der Waals surface area contributed by atoms with Gasteiger partial charge in [0.1, 0.15) is 12.2 Å². The maximum Gasteiger partial charge on any atom is 0.643 e. The maximum atomic E-state index is 12.9. The number of benzene rings is 10. The molecule has 1 saturated heterocycles. The van der Waals surface area contributed by atoms with Gasteiger partial charge in [0, 0.05) is 61.3 Å². The van der Waals surface area contributed by atoms with Crippen LogP contribution < -0.4 is 0 Å². The number of carboxylic acids is 1. The minimum Gasteiger partial charge on any atom is -0.478 e. The highest BCUT2D eigenvalue weighted by Gasteiger charge is 2.55. The fourth-order valence-electron chi connectivity index (χ4n) is 12.8. The number of aromatic carboxylic acids is 1. The van der Waals surface area contributed by atoms with Crippen LogP contribution in [0.1, 0.15) is 150 Å². The van der Waals surface area contributed by atoms with E-state index in [9.17, 15) is 32.3 Å². The average Bonchev–Trinajstić information content (AvgIpc) is 1.56. The summed E-state index contributed by atoms with van der Waals surface area (Å²) >= 11 is 71.8. The second-order valence-electron chi connectivity index (χ2n) is 36.2. The predicted molar refractivity (Wildman–Crippen MR) is 632 cm³/mol. The number of ketones is 1. The second kappa shape index (κ2) is 58.9. The zero-order valence-electron chi connectivity index (χ0n) is 77.5. The van der Waals surface area contributed by atoms with Crippen LogP contribution in [0.2, 0.25) is 104 Å². The quantitative estimate of drug-likeness (QED) is 0.0124. The van der Waals surface area contributed by atoms with Crippen LogP contribution in [0, 0.1) is 0 Å². The van der Waals surface area contributed by atoms with Crippen molar-refractivity contribution in [2.45, 2.75) is 194 Å². The summed E-state index contributed by atoms with van der Waals surface area (Å²) in [4.78, 5) is 46.6. The molecule has 42 heteroatoms. The number of alkyl halides is 9. The molecule has 1 heterocycles. The van der Waals surface area contributed by atoms with Crippen LogP contribution in [0.3, 0.4) is 0 Å². The monoisotopic (exact) mass is 2910 g/mol. The number of ether oxygens (including phenoxy) is 1. The van der Waals surface area contributed by atoms with Crippen LogP contribution in [0.5, 0.6) is 0 Å². The molecule has 13 nitrogen and oxygen atoms in total. The third-order valence-corrected chi connectivity index (χ3v) is 34.1. The van der Waals surface area contributed by atoms with Gasteiger partial charge < -0.3 is 27.5 Å². The van der Waals surface area contributed by atoms with Gasteiger partial charge in [-0.15, -0.1) is 0 Å². The van der Waals surface area contributed by atoms with E-state index in [2.05, 4.69) is 351 Å². The summed E-state index contributed by atoms with van der Waals surface area (Å²) in [5, 5.41) is 10.8. The topological polar surface area (TPSA) is 189 Å². The summed E-state index contributed by atoms with van der Waals surface area (Å²) in [7, 11) is 1.33. The fraction of sp³-hybridized carbons (Fsp3) is 0.333. The Kier molecular flexibility index (Phi) is 54.5. The third-order valence-electron chi connectivity index (χ3n) is 19.9. The molecule has 5 fully saturated rings. The van der Waals surface area contributed by atoms with Crippen LogP contribution >= 0.6 is 275 Å². The van der Waals surface area contributed by atoms with E-state index in [0.717, 1.165) is 65.1 Å². The van der Waals surface area contributed by atoms with Crippen molar-refractivity contribution in [1.29, 1.82) is 0 Å². The first-order valence-electron chi connectivity index (χ1n) is 42.9. The first-order valence-corrected chi connectivity index (χ1v) is 74.2. The van der Waals surface area contributed by atoms with E-state index in [0.29, 0.717) is 55.6 Å². The van der Waals surface area contributed by atoms with E-state index in [1.54, 1.807) is 36.4 Å². The molecule has 7 atom stereocenters. The van der Waals surface area contributed by atoms with Crippen molar-refractivity contribution in [2.24, 2.45) is 0 Å². The number of carboxylic acid groups (broad SMARTS) is 1. The minimum absolute atomic E-state index is 0. The van der Waals surface area contributed by atoms with Crippen LogP contribution in [0.15, 0.2) is 253 Å². The molecule has 0 radical (unpaired) electrons. The molecule has 5 aliphatic rings. The van der Waals surface area contributed by atoms with Crippen molar-refractivity contribution in [1.82, 2.24) is 0 Å². The van der Waals surface area contributed by atoms with E-state index in [1.165, 1.54) is 75.9 Å². The highest BCUT2D eigenvalue weighted by Crippen LogP contribution is 2.64. The highest BCUT2D eigenvalue weighted by atomic mass is 79.9. The Hall–Kier alpha value is -0.950. The van der Waals surface area contributed by atoms with Gasteiger partial charge in [0.2, 0.25) is 0 Å². The summed E-state index contributed by atoms with van der Waals surface area (Å²) in [6.45, 7) is 29.3. The Bertz CT molecular complexity index is 5850. The normalized spacial score (nSPS) is 18.1. The van der Waals surface area contributed by atoms with E-state index in [1.807, 2.05) is 91.0 Å². The highest BCUT2D eigenvalue weighted by molar-refractivity contribution is 9.26. The Morgan fingerprint density at radius 2 is 0.801 bits per heavy atom. The summed E-state index contributed by atoms with van der Waals surface area (Å²) in [6, 6.07) is 73.1. The predicted octanol–water partition coefficient (Wildman–Crippen LogP) is 38.0. The lowest BCUT2D eigenvalue weighted by atomic mass is 10.0. The van der Waals surface area contributed by atoms with Crippen LogP contribution in [0.25, 0.3) is 6.08 Å². The number of esters is 1. The fourth-order valence-corrected chi connectivity index (χ4v) is 23.3. The minimum atomic E-state index is -5.84. The Morgan fingerprint density at radius 3 is 1.12 bits per heavy atom. The van der Waals surface area contributed by atoms with Crippen molar-refractivity contribution >= 4 is 359 Å². The Balaban J connectivity index is 0.000000285. The van der Waals surface area contributed by atoms with Crippen molar-refractivity contribution in [3.05, 3.63) is 351 Å². The molecule has 4 saturated carbocycles. The first-order chi connectivity index (χ1) is 64.7. The van der Waals surface area contributed by atoms with Gasteiger partial charge in [-0.1, -0.05) is 387 Å². The molecule has 0 amide bonds. The number of halogens is 23. The van der Waals surface area contributed by atoms with Gasteiger partial charge in [-0.2, -0.15) is 21.6 Å². The Morgan fingerprint density at radius 1 is 0.482 bits per heavy atom. The summed E-state index contributed by atoms with van der Waals surface area (Å²) in [6.07, 6.45) is 7.61.